The van der Waals surface area contributed by atoms with E-state index in [2.05, 4.69) is 10.3 Å². The maximum atomic E-state index is 6.01. The number of hydrogen-bond acceptors (Lipinski definition) is 3. The van der Waals surface area contributed by atoms with Crippen LogP contribution in [0.3, 0.4) is 0 Å². The Hall–Kier alpha value is -0.740. The normalized spacial score (nSPS) is 18.1. The average molecular weight is 254 g/mol. The van der Waals surface area contributed by atoms with Gasteiger partial charge in [-0.15, -0.1) is 5.10 Å². The Kier molecular flexibility index (Phi) is 2.77. The third-order valence-electron chi connectivity index (χ3n) is 2.97. The topological polar surface area (TPSA) is 30.7 Å². The Morgan fingerprint density at radius 2 is 2.12 bits per heavy atom. The maximum Gasteiger partial charge on any atom is 0.113 e. The monoisotopic (exact) mass is 253 g/mol. The van der Waals surface area contributed by atoms with Crippen molar-refractivity contribution in [3.8, 4) is 0 Å². The molecule has 0 N–H and O–H groups in total. The molecule has 3 rings (SSSR count). The third kappa shape index (κ3) is 1.80. The van der Waals surface area contributed by atoms with Crippen molar-refractivity contribution >= 4 is 34.4 Å². The molecule has 0 amide bonds. The van der Waals surface area contributed by atoms with E-state index >= 15 is 0 Å². The molecule has 0 saturated carbocycles. The van der Waals surface area contributed by atoms with Gasteiger partial charge in [0.2, 0.25) is 0 Å². The van der Waals surface area contributed by atoms with Gasteiger partial charge in [0, 0.05) is 5.02 Å². The lowest BCUT2D eigenvalue weighted by Gasteiger charge is -2.21. The highest BCUT2D eigenvalue weighted by Crippen LogP contribution is 2.29. The molecule has 0 atom stereocenters. The van der Waals surface area contributed by atoms with Gasteiger partial charge < -0.3 is 0 Å². The smallest absolute Gasteiger partial charge is 0.113 e. The minimum atomic E-state index is 0.490. The highest BCUT2D eigenvalue weighted by Gasteiger charge is 2.18. The Morgan fingerprint density at radius 3 is 2.94 bits per heavy atom. The first-order valence-electron chi connectivity index (χ1n) is 5.43. The second kappa shape index (κ2) is 4.26. The molecule has 2 heterocycles. The molecule has 1 aliphatic heterocycles. The molecule has 0 spiro atoms. The van der Waals surface area contributed by atoms with E-state index in [0.717, 1.165) is 16.1 Å². The highest BCUT2D eigenvalue weighted by atomic mass is 35.5. The summed E-state index contributed by atoms with van der Waals surface area (Å²) in [4.78, 5) is 0. The predicted molar refractivity (Wildman–Crippen MR) is 68.1 cm³/mol. The summed E-state index contributed by atoms with van der Waals surface area (Å²) in [5.41, 5.74) is 1.99. The fourth-order valence-corrected chi connectivity index (χ4v) is 3.36. The zero-order valence-corrected chi connectivity index (χ0v) is 10.3. The van der Waals surface area contributed by atoms with Crippen molar-refractivity contribution in [3.05, 3.63) is 23.2 Å². The van der Waals surface area contributed by atoms with E-state index in [0.29, 0.717) is 6.04 Å². The van der Waals surface area contributed by atoms with Gasteiger partial charge in [-0.25, -0.2) is 4.68 Å². The van der Waals surface area contributed by atoms with Crippen LogP contribution >= 0.6 is 23.4 Å². The van der Waals surface area contributed by atoms with Gasteiger partial charge in [0.15, 0.2) is 0 Å². The lowest BCUT2D eigenvalue weighted by atomic mass is 10.1. The molecule has 0 radical (unpaired) electrons. The third-order valence-corrected chi connectivity index (χ3v) is 4.25. The van der Waals surface area contributed by atoms with Crippen LogP contribution in [-0.2, 0) is 0 Å². The van der Waals surface area contributed by atoms with Crippen LogP contribution < -0.4 is 0 Å². The van der Waals surface area contributed by atoms with Crippen LogP contribution in [0.5, 0.6) is 0 Å². The number of aromatic nitrogens is 3. The van der Waals surface area contributed by atoms with E-state index < -0.39 is 0 Å². The molecule has 84 valence electrons. The Balaban J connectivity index is 2.05. The largest absolute Gasteiger partial charge is 0.241 e. The van der Waals surface area contributed by atoms with Crippen LogP contribution in [-0.4, -0.2) is 26.5 Å². The summed E-state index contributed by atoms with van der Waals surface area (Å²) in [6.07, 6.45) is 2.35. The molecule has 1 aliphatic rings. The van der Waals surface area contributed by atoms with Crippen LogP contribution in [0.2, 0.25) is 5.02 Å². The van der Waals surface area contributed by atoms with E-state index in [1.807, 2.05) is 34.6 Å². The fraction of sp³-hybridized carbons (Fsp3) is 0.455. The number of hydrogen-bond donors (Lipinski definition) is 0. The Morgan fingerprint density at radius 1 is 1.31 bits per heavy atom. The molecule has 1 aromatic carbocycles. The summed E-state index contributed by atoms with van der Waals surface area (Å²) >= 11 is 8.03. The minimum absolute atomic E-state index is 0.490. The summed E-state index contributed by atoms with van der Waals surface area (Å²) in [5, 5.41) is 9.19. The zero-order chi connectivity index (χ0) is 11.0. The van der Waals surface area contributed by atoms with Crippen molar-refractivity contribution in [3.63, 3.8) is 0 Å². The Bertz CT molecular complexity index is 505. The van der Waals surface area contributed by atoms with Gasteiger partial charge in [0.1, 0.15) is 5.52 Å². The van der Waals surface area contributed by atoms with Crippen molar-refractivity contribution in [1.29, 1.82) is 0 Å². The molecular formula is C11H12ClN3S. The van der Waals surface area contributed by atoms with Crippen LogP contribution in [0.15, 0.2) is 18.2 Å². The highest BCUT2D eigenvalue weighted by molar-refractivity contribution is 7.99. The molecule has 0 unspecified atom stereocenters. The quantitative estimate of drug-likeness (QED) is 0.782. The zero-order valence-electron chi connectivity index (χ0n) is 8.77. The first-order chi connectivity index (χ1) is 7.84. The van der Waals surface area contributed by atoms with Gasteiger partial charge in [0.05, 0.1) is 11.6 Å². The van der Waals surface area contributed by atoms with Gasteiger partial charge in [-0.3, -0.25) is 0 Å². The van der Waals surface area contributed by atoms with Crippen molar-refractivity contribution < 1.29 is 0 Å². The van der Waals surface area contributed by atoms with Gasteiger partial charge in [-0.05, 0) is 42.5 Å². The lowest BCUT2D eigenvalue weighted by Crippen LogP contribution is -2.16. The van der Waals surface area contributed by atoms with Gasteiger partial charge in [-0.2, -0.15) is 11.8 Å². The van der Waals surface area contributed by atoms with Crippen LogP contribution in [0, 0.1) is 0 Å². The molecule has 1 aromatic heterocycles. The molecule has 3 nitrogen and oxygen atoms in total. The number of halogens is 1. The van der Waals surface area contributed by atoms with E-state index in [-0.39, 0.29) is 0 Å². The second-order valence-electron chi connectivity index (χ2n) is 4.01. The average Bonchev–Trinajstić information content (AvgIpc) is 2.73. The van der Waals surface area contributed by atoms with Crippen molar-refractivity contribution in [1.82, 2.24) is 15.0 Å². The number of benzene rings is 1. The van der Waals surface area contributed by atoms with E-state index in [1.165, 1.54) is 24.3 Å². The SMILES string of the molecule is Clc1ccc2nnn(C3CCSCC3)c2c1. The fourth-order valence-electron chi connectivity index (χ4n) is 2.11. The van der Waals surface area contributed by atoms with E-state index in [9.17, 15) is 0 Å². The molecule has 0 bridgehead atoms. The summed E-state index contributed by atoms with van der Waals surface area (Å²) in [5.74, 6) is 2.43. The molecular weight excluding hydrogens is 242 g/mol. The number of nitrogens with zero attached hydrogens (tertiary/aromatic N) is 3. The summed E-state index contributed by atoms with van der Waals surface area (Å²) in [7, 11) is 0. The van der Waals surface area contributed by atoms with E-state index in [1.54, 1.807) is 0 Å². The van der Waals surface area contributed by atoms with Crippen LogP contribution in [0.1, 0.15) is 18.9 Å². The summed E-state index contributed by atoms with van der Waals surface area (Å²) in [6.45, 7) is 0. The molecule has 16 heavy (non-hydrogen) atoms. The second-order valence-corrected chi connectivity index (χ2v) is 5.67. The van der Waals surface area contributed by atoms with Gasteiger partial charge >= 0.3 is 0 Å². The molecule has 1 fully saturated rings. The van der Waals surface area contributed by atoms with Crippen LogP contribution in [0.4, 0.5) is 0 Å². The van der Waals surface area contributed by atoms with Crippen LogP contribution in [0.25, 0.3) is 11.0 Å². The predicted octanol–water partition coefficient (Wildman–Crippen LogP) is 3.15. The Labute approximate surface area is 103 Å². The first-order valence-corrected chi connectivity index (χ1v) is 6.96. The molecule has 2 aromatic rings. The standard InChI is InChI=1S/C11H12ClN3S/c12-8-1-2-10-11(7-8)15(14-13-10)9-3-5-16-6-4-9/h1-2,7,9H,3-6H2. The van der Waals surface area contributed by atoms with Crippen molar-refractivity contribution in [2.24, 2.45) is 0 Å². The summed E-state index contributed by atoms with van der Waals surface area (Å²) < 4.78 is 2.04. The molecule has 1 saturated heterocycles. The van der Waals surface area contributed by atoms with Crippen molar-refractivity contribution in [2.45, 2.75) is 18.9 Å². The molecule has 0 aliphatic carbocycles. The van der Waals surface area contributed by atoms with Gasteiger partial charge in [0.25, 0.3) is 0 Å². The minimum Gasteiger partial charge on any atom is -0.241 e. The molecule has 5 heteroatoms. The number of fused-ring (bicyclic) bond motifs is 1. The van der Waals surface area contributed by atoms with E-state index in [4.69, 9.17) is 11.6 Å². The lowest BCUT2D eigenvalue weighted by molar-refractivity contribution is 0.428. The van der Waals surface area contributed by atoms with Crippen molar-refractivity contribution in [2.75, 3.05) is 11.5 Å². The van der Waals surface area contributed by atoms with Gasteiger partial charge in [-0.1, -0.05) is 16.8 Å². The number of thioether (sulfide) groups is 1. The summed E-state index contributed by atoms with van der Waals surface area (Å²) in [6, 6.07) is 6.24. The first kappa shape index (κ1) is 10.4. The number of rotatable bonds is 1. The maximum absolute atomic E-state index is 6.01.